The van der Waals surface area contributed by atoms with E-state index in [4.69, 9.17) is 5.26 Å². The molecule has 0 heterocycles. The second-order valence-electron chi connectivity index (χ2n) is 4.11. The average Bonchev–Trinajstić information content (AvgIpc) is 2.19. The predicted molar refractivity (Wildman–Crippen MR) is 70.5 cm³/mol. The predicted octanol–water partition coefficient (Wildman–Crippen LogP) is 2.68. The Morgan fingerprint density at radius 2 is 2.19 bits per heavy atom. The summed E-state index contributed by atoms with van der Waals surface area (Å²) in [5.41, 5.74) is 1.69. The van der Waals surface area contributed by atoms with Gasteiger partial charge in [0, 0.05) is 22.7 Å². The molecule has 0 saturated heterocycles. The molecule has 1 atom stereocenters. The molecule has 0 bridgehead atoms. The van der Waals surface area contributed by atoms with Gasteiger partial charge >= 0.3 is 0 Å². The Morgan fingerprint density at radius 3 is 2.69 bits per heavy atom. The number of likely N-dealkylation sites (N-methyl/N-ethyl adjacent to an activating group) is 1. The number of halogens is 1. The highest BCUT2D eigenvalue weighted by atomic mass is 79.9. The lowest BCUT2D eigenvalue weighted by molar-refractivity contribution is 0.392. The van der Waals surface area contributed by atoms with E-state index in [1.54, 1.807) is 0 Å². The third-order valence-electron chi connectivity index (χ3n) is 2.14. The Balaban J connectivity index is 2.71. The van der Waals surface area contributed by atoms with Crippen LogP contribution in [0.1, 0.15) is 12.5 Å². The topological polar surface area (TPSA) is 39.1 Å². The molecule has 0 aliphatic rings. The van der Waals surface area contributed by atoms with Crippen LogP contribution in [0.3, 0.4) is 0 Å². The first kappa shape index (κ1) is 13.0. The average molecular weight is 282 g/mol. The zero-order chi connectivity index (χ0) is 12.1. The normalized spacial score (nSPS) is 12.2. The minimum absolute atomic E-state index is 0.360. The SMILES string of the molecule is CC(CN(C)C)Nc1ccc(C#N)cc1Br. The van der Waals surface area contributed by atoms with Crippen LogP contribution in [0.25, 0.3) is 0 Å². The Kier molecular flexibility index (Phi) is 4.78. The van der Waals surface area contributed by atoms with Gasteiger partial charge in [-0.05, 0) is 55.1 Å². The molecule has 4 heteroatoms. The summed E-state index contributed by atoms with van der Waals surface area (Å²) < 4.78 is 0.928. The van der Waals surface area contributed by atoms with Crippen LogP contribution < -0.4 is 5.32 Å². The molecule has 0 radical (unpaired) electrons. The quantitative estimate of drug-likeness (QED) is 0.922. The van der Waals surface area contributed by atoms with E-state index >= 15 is 0 Å². The number of nitrogens with zero attached hydrogens (tertiary/aromatic N) is 2. The second-order valence-corrected chi connectivity index (χ2v) is 4.97. The highest BCUT2D eigenvalue weighted by Gasteiger charge is 2.06. The van der Waals surface area contributed by atoms with Crippen molar-refractivity contribution in [2.45, 2.75) is 13.0 Å². The molecular formula is C12H16BrN3. The molecule has 1 unspecified atom stereocenters. The first-order valence-electron chi connectivity index (χ1n) is 5.14. The molecule has 0 aromatic heterocycles. The van der Waals surface area contributed by atoms with Crippen LogP contribution in [-0.2, 0) is 0 Å². The van der Waals surface area contributed by atoms with Crippen molar-refractivity contribution in [2.75, 3.05) is 26.0 Å². The van der Waals surface area contributed by atoms with Crippen LogP contribution in [0.5, 0.6) is 0 Å². The first-order chi connectivity index (χ1) is 7.52. The molecule has 1 N–H and O–H groups in total. The maximum Gasteiger partial charge on any atom is 0.0992 e. The summed E-state index contributed by atoms with van der Waals surface area (Å²) in [7, 11) is 4.10. The van der Waals surface area contributed by atoms with Gasteiger partial charge in [0.25, 0.3) is 0 Å². The fraction of sp³-hybridized carbons (Fsp3) is 0.417. The van der Waals surface area contributed by atoms with Crippen LogP contribution in [0.4, 0.5) is 5.69 Å². The summed E-state index contributed by atoms with van der Waals surface area (Å²) in [6.07, 6.45) is 0. The highest BCUT2D eigenvalue weighted by Crippen LogP contribution is 2.24. The summed E-state index contributed by atoms with van der Waals surface area (Å²) in [5, 5.41) is 12.2. The molecule has 16 heavy (non-hydrogen) atoms. The maximum atomic E-state index is 8.76. The van der Waals surface area contributed by atoms with Crippen molar-refractivity contribution in [1.29, 1.82) is 5.26 Å². The van der Waals surface area contributed by atoms with Crippen LogP contribution in [0.15, 0.2) is 22.7 Å². The smallest absolute Gasteiger partial charge is 0.0992 e. The lowest BCUT2D eigenvalue weighted by Gasteiger charge is -2.20. The minimum atomic E-state index is 0.360. The van der Waals surface area contributed by atoms with Crippen molar-refractivity contribution in [3.63, 3.8) is 0 Å². The van der Waals surface area contributed by atoms with Gasteiger partial charge in [-0.3, -0.25) is 0 Å². The van der Waals surface area contributed by atoms with E-state index in [0.29, 0.717) is 11.6 Å². The van der Waals surface area contributed by atoms with E-state index in [1.807, 2.05) is 32.3 Å². The zero-order valence-corrected chi connectivity index (χ0v) is 11.4. The largest absolute Gasteiger partial charge is 0.380 e. The van der Waals surface area contributed by atoms with Crippen molar-refractivity contribution in [1.82, 2.24) is 4.90 Å². The minimum Gasteiger partial charge on any atom is -0.380 e. The van der Waals surface area contributed by atoms with Crippen molar-refractivity contribution in [2.24, 2.45) is 0 Å². The Labute approximate surface area is 105 Å². The van der Waals surface area contributed by atoms with E-state index in [1.165, 1.54) is 0 Å². The highest BCUT2D eigenvalue weighted by molar-refractivity contribution is 9.10. The number of nitrogens with one attached hydrogen (secondary N) is 1. The van der Waals surface area contributed by atoms with Gasteiger partial charge < -0.3 is 10.2 Å². The summed E-state index contributed by atoms with van der Waals surface area (Å²) in [5.74, 6) is 0. The molecule has 0 aliphatic carbocycles. The van der Waals surface area contributed by atoms with Gasteiger partial charge in [0.1, 0.15) is 0 Å². The molecule has 1 rings (SSSR count). The molecule has 0 saturated carbocycles. The van der Waals surface area contributed by atoms with Crippen LogP contribution in [0.2, 0.25) is 0 Å². The Morgan fingerprint density at radius 1 is 1.50 bits per heavy atom. The van der Waals surface area contributed by atoms with E-state index in [-0.39, 0.29) is 0 Å². The standard InChI is InChI=1S/C12H16BrN3/c1-9(8-16(2)3)15-12-5-4-10(7-14)6-11(12)13/h4-6,9,15H,8H2,1-3H3. The van der Waals surface area contributed by atoms with E-state index in [0.717, 1.165) is 16.7 Å². The molecule has 0 amide bonds. The van der Waals surface area contributed by atoms with Gasteiger partial charge in [0.15, 0.2) is 0 Å². The van der Waals surface area contributed by atoms with E-state index < -0.39 is 0 Å². The maximum absolute atomic E-state index is 8.76. The summed E-state index contributed by atoms with van der Waals surface area (Å²) in [6.45, 7) is 3.09. The molecule has 1 aromatic rings. The van der Waals surface area contributed by atoms with Gasteiger partial charge in [0.2, 0.25) is 0 Å². The lowest BCUT2D eigenvalue weighted by Crippen LogP contribution is -2.29. The third kappa shape index (κ3) is 3.84. The third-order valence-corrected chi connectivity index (χ3v) is 2.80. The number of rotatable bonds is 4. The number of hydrogen-bond acceptors (Lipinski definition) is 3. The van der Waals surface area contributed by atoms with Crippen LogP contribution in [0, 0.1) is 11.3 Å². The number of benzene rings is 1. The fourth-order valence-corrected chi connectivity index (χ4v) is 2.05. The van der Waals surface area contributed by atoms with Crippen molar-refractivity contribution in [3.05, 3.63) is 28.2 Å². The van der Waals surface area contributed by atoms with Gasteiger partial charge in [-0.25, -0.2) is 0 Å². The molecular weight excluding hydrogens is 266 g/mol. The molecule has 3 nitrogen and oxygen atoms in total. The molecule has 1 aromatic carbocycles. The Hall–Kier alpha value is -1.05. The molecule has 0 fully saturated rings. The summed E-state index contributed by atoms with van der Waals surface area (Å²) >= 11 is 3.46. The summed E-state index contributed by atoms with van der Waals surface area (Å²) in [4.78, 5) is 2.13. The van der Waals surface area contributed by atoms with Crippen molar-refractivity contribution < 1.29 is 0 Å². The van der Waals surface area contributed by atoms with Crippen LogP contribution in [-0.4, -0.2) is 31.6 Å². The van der Waals surface area contributed by atoms with Crippen molar-refractivity contribution in [3.8, 4) is 6.07 Å². The summed E-state index contributed by atoms with van der Waals surface area (Å²) in [6, 6.07) is 8.04. The van der Waals surface area contributed by atoms with E-state index in [9.17, 15) is 0 Å². The first-order valence-corrected chi connectivity index (χ1v) is 5.93. The van der Waals surface area contributed by atoms with Crippen LogP contribution >= 0.6 is 15.9 Å². The van der Waals surface area contributed by atoms with Gasteiger partial charge in [0.05, 0.1) is 11.6 Å². The van der Waals surface area contributed by atoms with Crippen molar-refractivity contribution >= 4 is 21.6 Å². The molecule has 0 spiro atoms. The fourth-order valence-electron chi connectivity index (χ4n) is 1.56. The van der Waals surface area contributed by atoms with Gasteiger partial charge in [-0.1, -0.05) is 0 Å². The van der Waals surface area contributed by atoms with E-state index in [2.05, 4.69) is 39.1 Å². The Bertz CT molecular complexity index is 396. The molecule has 86 valence electrons. The zero-order valence-electron chi connectivity index (χ0n) is 9.79. The number of anilines is 1. The molecule has 0 aliphatic heterocycles. The monoisotopic (exact) mass is 281 g/mol. The number of nitriles is 1. The van der Waals surface area contributed by atoms with Gasteiger partial charge in [-0.15, -0.1) is 0 Å². The number of hydrogen-bond donors (Lipinski definition) is 1. The lowest BCUT2D eigenvalue weighted by atomic mass is 10.2. The van der Waals surface area contributed by atoms with Gasteiger partial charge in [-0.2, -0.15) is 5.26 Å². The second kappa shape index (κ2) is 5.88.